The number of nitrogens with zero attached hydrogens (tertiary/aromatic N) is 2. The summed E-state index contributed by atoms with van der Waals surface area (Å²) >= 11 is 0. The van der Waals surface area contributed by atoms with Gasteiger partial charge in [0.1, 0.15) is 12.4 Å². The van der Waals surface area contributed by atoms with E-state index in [2.05, 4.69) is 0 Å². The number of halogens is 1. The van der Waals surface area contributed by atoms with Crippen LogP contribution in [0.2, 0.25) is 0 Å². The Morgan fingerprint density at radius 1 is 1.42 bits per heavy atom. The molecule has 1 aliphatic rings. The first kappa shape index (κ1) is 20.3. The average molecular weight is 388 g/mol. The van der Waals surface area contributed by atoms with Gasteiger partial charge in [0.05, 0.1) is 24.5 Å². The highest BCUT2D eigenvalue weighted by Gasteiger charge is 2.30. The maximum Gasteiger partial charge on any atom is 0.318 e. The van der Waals surface area contributed by atoms with Crippen molar-refractivity contribution in [2.45, 2.75) is 13.0 Å². The SMILES string of the molecule is Cc1ccc(C(=O)N2CCOC(CN(CC(=O)O)S(C)(=O)=O)C2)c(F)c1. The van der Waals surface area contributed by atoms with Crippen molar-refractivity contribution < 1.29 is 32.2 Å². The zero-order valence-corrected chi connectivity index (χ0v) is 15.3. The van der Waals surface area contributed by atoms with Gasteiger partial charge in [0, 0.05) is 19.6 Å². The first-order valence-corrected chi connectivity index (χ1v) is 9.76. The quantitative estimate of drug-likeness (QED) is 0.753. The van der Waals surface area contributed by atoms with E-state index in [1.165, 1.54) is 17.0 Å². The van der Waals surface area contributed by atoms with Gasteiger partial charge in [-0.3, -0.25) is 9.59 Å². The van der Waals surface area contributed by atoms with Gasteiger partial charge in [-0.15, -0.1) is 0 Å². The molecule has 1 N–H and O–H groups in total. The number of sulfonamides is 1. The number of ether oxygens (including phenoxy) is 1. The summed E-state index contributed by atoms with van der Waals surface area (Å²) in [5.41, 5.74) is 0.623. The first-order chi connectivity index (χ1) is 12.1. The zero-order chi connectivity index (χ0) is 19.5. The summed E-state index contributed by atoms with van der Waals surface area (Å²) in [6.45, 7) is 1.24. The summed E-state index contributed by atoms with van der Waals surface area (Å²) in [7, 11) is -3.75. The molecule has 2 rings (SSSR count). The lowest BCUT2D eigenvalue weighted by Crippen LogP contribution is -2.51. The average Bonchev–Trinajstić information content (AvgIpc) is 2.53. The van der Waals surface area contributed by atoms with Crippen LogP contribution in [0.4, 0.5) is 4.39 Å². The molecule has 1 heterocycles. The van der Waals surface area contributed by atoms with E-state index < -0.39 is 40.4 Å². The molecule has 8 nitrogen and oxygen atoms in total. The molecule has 0 aliphatic carbocycles. The number of benzene rings is 1. The molecule has 1 aliphatic heterocycles. The van der Waals surface area contributed by atoms with Gasteiger partial charge < -0.3 is 14.7 Å². The van der Waals surface area contributed by atoms with Crippen molar-refractivity contribution in [2.24, 2.45) is 0 Å². The van der Waals surface area contributed by atoms with Crippen LogP contribution >= 0.6 is 0 Å². The van der Waals surface area contributed by atoms with Crippen molar-refractivity contribution in [3.63, 3.8) is 0 Å². The molecule has 0 spiro atoms. The van der Waals surface area contributed by atoms with Crippen molar-refractivity contribution in [2.75, 3.05) is 39.0 Å². The van der Waals surface area contributed by atoms with Crippen LogP contribution in [0.15, 0.2) is 18.2 Å². The molecule has 0 bridgehead atoms. The Morgan fingerprint density at radius 3 is 2.69 bits per heavy atom. The van der Waals surface area contributed by atoms with Gasteiger partial charge in [0.2, 0.25) is 10.0 Å². The van der Waals surface area contributed by atoms with E-state index in [1.807, 2.05) is 0 Å². The number of hydrogen-bond acceptors (Lipinski definition) is 5. The van der Waals surface area contributed by atoms with Crippen LogP contribution in [0, 0.1) is 12.7 Å². The van der Waals surface area contributed by atoms with Gasteiger partial charge in [-0.05, 0) is 24.6 Å². The molecule has 10 heteroatoms. The van der Waals surface area contributed by atoms with Gasteiger partial charge in [-0.25, -0.2) is 12.8 Å². The molecule has 144 valence electrons. The Hall–Kier alpha value is -2.04. The topological polar surface area (TPSA) is 104 Å². The van der Waals surface area contributed by atoms with Crippen molar-refractivity contribution >= 4 is 21.9 Å². The Bertz CT molecular complexity index is 798. The van der Waals surface area contributed by atoms with E-state index in [0.29, 0.717) is 5.56 Å². The summed E-state index contributed by atoms with van der Waals surface area (Å²) in [6, 6.07) is 4.31. The van der Waals surface area contributed by atoms with Crippen LogP contribution in [-0.2, 0) is 19.6 Å². The van der Waals surface area contributed by atoms with Gasteiger partial charge in [-0.1, -0.05) is 6.07 Å². The summed E-state index contributed by atoms with van der Waals surface area (Å²) in [5, 5.41) is 8.87. The predicted molar refractivity (Wildman–Crippen MR) is 90.8 cm³/mol. The van der Waals surface area contributed by atoms with Crippen LogP contribution in [0.1, 0.15) is 15.9 Å². The summed E-state index contributed by atoms with van der Waals surface area (Å²) < 4.78 is 43.7. The molecule has 1 amide bonds. The van der Waals surface area contributed by atoms with Crippen LogP contribution in [0.5, 0.6) is 0 Å². The van der Waals surface area contributed by atoms with E-state index in [0.717, 1.165) is 10.6 Å². The maximum absolute atomic E-state index is 14.0. The zero-order valence-electron chi connectivity index (χ0n) is 14.5. The van der Waals surface area contributed by atoms with Crippen LogP contribution in [0.3, 0.4) is 0 Å². The monoisotopic (exact) mass is 388 g/mol. The molecule has 1 fully saturated rings. The van der Waals surface area contributed by atoms with Crippen molar-refractivity contribution in [3.8, 4) is 0 Å². The number of carbonyl (C=O) groups is 2. The standard InChI is InChI=1S/C16H21FN2O6S/c1-11-3-4-13(14(17)7-11)16(22)18-5-6-25-12(8-18)9-19(10-15(20)21)26(2,23)24/h3-4,7,12H,5-6,8-10H2,1-2H3,(H,20,21). The number of aliphatic carboxylic acids is 1. The Kier molecular flexibility index (Phi) is 6.32. The lowest BCUT2D eigenvalue weighted by atomic mass is 10.1. The number of morpholine rings is 1. The third kappa shape index (κ3) is 5.23. The summed E-state index contributed by atoms with van der Waals surface area (Å²) in [6.07, 6.45) is 0.207. The molecule has 0 radical (unpaired) electrons. The highest BCUT2D eigenvalue weighted by molar-refractivity contribution is 7.88. The second-order valence-electron chi connectivity index (χ2n) is 6.18. The fourth-order valence-corrected chi connectivity index (χ4v) is 3.46. The van der Waals surface area contributed by atoms with Gasteiger partial charge in [0.15, 0.2) is 0 Å². The number of carbonyl (C=O) groups excluding carboxylic acids is 1. The fraction of sp³-hybridized carbons (Fsp3) is 0.500. The Labute approximate surface area is 151 Å². The highest BCUT2D eigenvalue weighted by atomic mass is 32.2. The van der Waals surface area contributed by atoms with E-state index in [4.69, 9.17) is 9.84 Å². The molecule has 1 unspecified atom stereocenters. The molecule has 1 saturated heterocycles. The second-order valence-corrected chi connectivity index (χ2v) is 8.16. The van der Waals surface area contributed by atoms with E-state index in [-0.39, 0.29) is 31.8 Å². The largest absolute Gasteiger partial charge is 0.480 e. The van der Waals surface area contributed by atoms with Gasteiger partial charge in [-0.2, -0.15) is 4.31 Å². The summed E-state index contributed by atoms with van der Waals surface area (Å²) in [4.78, 5) is 24.8. The molecular formula is C16H21FN2O6S. The molecular weight excluding hydrogens is 367 g/mol. The first-order valence-electron chi connectivity index (χ1n) is 7.92. The molecule has 0 aromatic heterocycles. The lowest BCUT2D eigenvalue weighted by Gasteiger charge is -2.35. The molecule has 0 saturated carbocycles. The number of rotatable bonds is 6. The third-order valence-electron chi connectivity index (χ3n) is 3.97. The third-order valence-corrected chi connectivity index (χ3v) is 5.19. The van der Waals surface area contributed by atoms with Crippen molar-refractivity contribution in [1.82, 2.24) is 9.21 Å². The lowest BCUT2D eigenvalue weighted by molar-refractivity contribution is -0.137. The van der Waals surface area contributed by atoms with Crippen LogP contribution in [-0.4, -0.2) is 79.8 Å². The van der Waals surface area contributed by atoms with Crippen LogP contribution < -0.4 is 0 Å². The van der Waals surface area contributed by atoms with Crippen molar-refractivity contribution in [3.05, 3.63) is 35.1 Å². The highest BCUT2D eigenvalue weighted by Crippen LogP contribution is 2.16. The van der Waals surface area contributed by atoms with E-state index >= 15 is 0 Å². The Morgan fingerprint density at radius 2 is 2.12 bits per heavy atom. The Balaban J connectivity index is 2.10. The van der Waals surface area contributed by atoms with Crippen molar-refractivity contribution in [1.29, 1.82) is 0 Å². The molecule has 1 aromatic rings. The molecule has 26 heavy (non-hydrogen) atoms. The smallest absolute Gasteiger partial charge is 0.318 e. The maximum atomic E-state index is 14.0. The van der Waals surface area contributed by atoms with Gasteiger partial charge >= 0.3 is 5.97 Å². The van der Waals surface area contributed by atoms with E-state index in [1.54, 1.807) is 13.0 Å². The number of carboxylic acids is 1. The number of carboxylic acid groups (broad SMARTS) is 1. The molecule has 1 aromatic carbocycles. The predicted octanol–water partition coefficient (Wildman–Crippen LogP) is 0.321. The van der Waals surface area contributed by atoms with Crippen LogP contribution in [0.25, 0.3) is 0 Å². The normalized spacial score (nSPS) is 18.2. The number of aryl methyl sites for hydroxylation is 1. The minimum atomic E-state index is -3.75. The number of hydrogen-bond donors (Lipinski definition) is 1. The minimum absolute atomic E-state index is 0.0395. The fourth-order valence-electron chi connectivity index (χ4n) is 2.67. The van der Waals surface area contributed by atoms with Gasteiger partial charge in [0.25, 0.3) is 5.91 Å². The summed E-state index contributed by atoms with van der Waals surface area (Å²) in [5.74, 6) is -2.43. The molecule has 1 atom stereocenters. The minimum Gasteiger partial charge on any atom is -0.480 e. The second kappa shape index (κ2) is 8.11. The van der Waals surface area contributed by atoms with E-state index in [9.17, 15) is 22.4 Å². The number of amides is 1.